The van der Waals surface area contributed by atoms with E-state index in [-0.39, 0.29) is 17.9 Å². The largest absolute Gasteiger partial charge is 0.416 e. The van der Waals surface area contributed by atoms with Crippen molar-refractivity contribution in [3.63, 3.8) is 0 Å². The number of carbonyl (C=O) groups excluding carboxylic acids is 1. The van der Waals surface area contributed by atoms with Gasteiger partial charge in [-0.05, 0) is 49.6 Å². The van der Waals surface area contributed by atoms with E-state index in [0.29, 0.717) is 14.5 Å². The van der Waals surface area contributed by atoms with E-state index in [4.69, 9.17) is 0 Å². The summed E-state index contributed by atoms with van der Waals surface area (Å²) in [7, 11) is 0. The highest BCUT2D eigenvalue weighted by molar-refractivity contribution is 9.11. The highest BCUT2D eigenvalue weighted by atomic mass is 79.9. The molecule has 0 aliphatic rings. The first-order chi connectivity index (χ1) is 9.77. The van der Waals surface area contributed by atoms with Gasteiger partial charge in [-0.2, -0.15) is 13.2 Å². The monoisotopic (exact) mass is 421 g/mol. The van der Waals surface area contributed by atoms with Gasteiger partial charge >= 0.3 is 6.18 Å². The van der Waals surface area contributed by atoms with Crippen molar-refractivity contribution in [2.45, 2.75) is 12.6 Å². The molecule has 0 amide bonds. The topological polar surface area (TPSA) is 30.0 Å². The number of hydrogen-bond donors (Lipinski definition) is 0. The number of rotatable bonds is 3. The molecule has 1 aromatic carbocycles. The fourth-order valence-corrected chi connectivity index (χ4v) is 2.96. The van der Waals surface area contributed by atoms with Crippen LogP contribution in [0.15, 0.2) is 45.5 Å². The SMILES string of the molecule is O=C(Cc1cccc(C(F)(F)F)c1)c1ncc(Br)cc1Br. The van der Waals surface area contributed by atoms with Crippen molar-refractivity contribution in [2.24, 2.45) is 0 Å². The molecule has 0 N–H and O–H groups in total. The molecule has 1 aromatic heterocycles. The van der Waals surface area contributed by atoms with E-state index in [0.717, 1.165) is 12.1 Å². The standard InChI is InChI=1S/C14H8Br2F3NO/c15-10-6-11(16)13(20-7-10)12(21)5-8-2-1-3-9(4-8)14(17,18)19/h1-4,6-7H,5H2. The fourth-order valence-electron chi connectivity index (χ4n) is 1.75. The predicted octanol–water partition coefficient (Wildman–Crippen LogP) is 5.05. The van der Waals surface area contributed by atoms with Crippen LogP contribution < -0.4 is 0 Å². The zero-order valence-electron chi connectivity index (χ0n) is 10.4. The summed E-state index contributed by atoms with van der Waals surface area (Å²) in [5.41, 5.74) is -0.280. The molecule has 7 heteroatoms. The van der Waals surface area contributed by atoms with Crippen molar-refractivity contribution in [3.05, 3.63) is 62.3 Å². The van der Waals surface area contributed by atoms with Gasteiger partial charge in [0.25, 0.3) is 0 Å². The van der Waals surface area contributed by atoms with Crippen LogP contribution in [0.1, 0.15) is 21.6 Å². The minimum Gasteiger partial charge on any atom is -0.292 e. The Bertz CT molecular complexity index is 686. The first-order valence-corrected chi connectivity index (χ1v) is 7.36. The molecule has 0 radical (unpaired) electrons. The van der Waals surface area contributed by atoms with Gasteiger partial charge in [0.15, 0.2) is 5.78 Å². The number of carbonyl (C=O) groups is 1. The summed E-state index contributed by atoms with van der Waals surface area (Å²) in [5.74, 6) is -0.353. The molecule has 0 fully saturated rings. The third-order valence-electron chi connectivity index (χ3n) is 2.69. The number of nitrogens with zero attached hydrogens (tertiary/aromatic N) is 1. The van der Waals surface area contributed by atoms with E-state index in [9.17, 15) is 18.0 Å². The molecule has 0 bridgehead atoms. The molecule has 0 saturated heterocycles. The molecule has 2 nitrogen and oxygen atoms in total. The van der Waals surface area contributed by atoms with E-state index >= 15 is 0 Å². The number of alkyl halides is 3. The summed E-state index contributed by atoms with van der Waals surface area (Å²) in [6, 6.07) is 6.38. The molecule has 1 heterocycles. The summed E-state index contributed by atoms with van der Waals surface area (Å²) < 4.78 is 39.1. The summed E-state index contributed by atoms with van der Waals surface area (Å²) in [6.07, 6.45) is -3.10. The third-order valence-corrected chi connectivity index (χ3v) is 3.73. The molecular weight excluding hydrogens is 415 g/mol. The Morgan fingerprint density at radius 1 is 1.19 bits per heavy atom. The molecule has 0 atom stereocenters. The lowest BCUT2D eigenvalue weighted by atomic mass is 10.0. The van der Waals surface area contributed by atoms with Crippen LogP contribution in [0, 0.1) is 0 Å². The lowest BCUT2D eigenvalue weighted by molar-refractivity contribution is -0.137. The van der Waals surface area contributed by atoms with E-state index in [1.165, 1.54) is 18.3 Å². The number of hydrogen-bond acceptors (Lipinski definition) is 2. The lowest BCUT2D eigenvalue weighted by Gasteiger charge is -2.08. The van der Waals surface area contributed by atoms with Crippen LogP contribution in [0.2, 0.25) is 0 Å². The first kappa shape index (κ1) is 16.2. The molecule has 110 valence electrons. The Balaban J connectivity index is 2.24. The second-order valence-electron chi connectivity index (χ2n) is 4.28. The van der Waals surface area contributed by atoms with Crippen LogP contribution in [0.25, 0.3) is 0 Å². The second kappa shape index (κ2) is 6.27. The third kappa shape index (κ3) is 4.14. The number of pyridine rings is 1. The maximum atomic E-state index is 12.6. The van der Waals surface area contributed by atoms with Gasteiger partial charge < -0.3 is 0 Å². The molecule has 2 rings (SSSR count). The average molecular weight is 423 g/mol. The maximum absolute atomic E-state index is 12.6. The minimum atomic E-state index is -4.42. The zero-order valence-corrected chi connectivity index (χ0v) is 13.6. The van der Waals surface area contributed by atoms with Gasteiger partial charge in [-0.1, -0.05) is 18.2 Å². The Labute approximate surface area is 135 Å². The van der Waals surface area contributed by atoms with Crippen LogP contribution in [-0.2, 0) is 12.6 Å². The van der Waals surface area contributed by atoms with Gasteiger partial charge in [0, 0.05) is 21.6 Å². The van der Waals surface area contributed by atoms with Crippen molar-refractivity contribution in [3.8, 4) is 0 Å². The molecule has 0 unspecified atom stereocenters. The van der Waals surface area contributed by atoms with Gasteiger partial charge in [-0.15, -0.1) is 0 Å². The molecule has 0 aliphatic carbocycles. The Hall–Kier alpha value is -1.21. The second-order valence-corrected chi connectivity index (χ2v) is 6.05. The maximum Gasteiger partial charge on any atom is 0.416 e. The molecule has 0 saturated carbocycles. The van der Waals surface area contributed by atoms with Crippen LogP contribution in [-0.4, -0.2) is 10.8 Å². The van der Waals surface area contributed by atoms with E-state index in [1.807, 2.05) is 0 Å². The normalized spacial score (nSPS) is 11.5. The van der Waals surface area contributed by atoms with Gasteiger partial charge in [-0.25, -0.2) is 0 Å². The Kier molecular flexibility index (Phi) is 4.83. The number of benzene rings is 1. The zero-order chi connectivity index (χ0) is 15.6. The van der Waals surface area contributed by atoms with Crippen LogP contribution in [0.4, 0.5) is 13.2 Å². The van der Waals surface area contributed by atoms with Gasteiger partial charge in [0.1, 0.15) is 5.69 Å². The predicted molar refractivity (Wildman–Crippen MR) is 79.1 cm³/mol. The Morgan fingerprint density at radius 3 is 2.52 bits per heavy atom. The van der Waals surface area contributed by atoms with Gasteiger partial charge in [0.2, 0.25) is 0 Å². The van der Waals surface area contributed by atoms with E-state index < -0.39 is 11.7 Å². The number of Topliss-reactive ketones (excluding diaryl/α,β-unsaturated/α-hetero) is 1. The van der Waals surface area contributed by atoms with Crippen LogP contribution in [0.5, 0.6) is 0 Å². The highest BCUT2D eigenvalue weighted by Gasteiger charge is 2.30. The highest BCUT2D eigenvalue weighted by Crippen LogP contribution is 2.30. The van der Waals surface area contributed by atoms with E-state index in [1.54, 1.807) is 6.07 Å². The van der Waals surface area contributed by atoms with Crippen molar-refractivity contribution >= 4 is 37.6 Å². The lowest BCUT2D eigenvalue weighted by Crippen LogP contribution is -2.09. The van der Waals surface area contributed by atoms with E-state index in [2.05, 4.69) is 36.8 Å². The van der Waals surface area contributed by atoms with Crippen LogP contribution >= 0.6 is 31.9 Å². The molecule has 21 heavy (non-hydrogen) atoms. The number of halogens is 5. The summed E-state index contributed by atoms with van der Waals surface area (Å²) in [4.78, 5) is 16.1. The quantitative estimate of drug-likeness (QED) is 0.647. The van der Waals surface area contributed by atoms with Crippen molar-refractivity contribution in [1.29, 1.82) is 0 Å². The summed E-state index contributed by atoms with van der Waals surface area (Å²) in [6.45, 7) is 0. The minimum absolute atomic E-state index is 0.142. The smallest absolute Gasteiger partial charge is 0.292 e. The van der Waals surface area contributed by atoms with Gasteiger partial charge in [-0.3, -0.25) is 9.78 Å². The van der Waals surface area contributed by atoms with Crippen molar-refractivity contribution in [1.82, 2.24) is 4.98 Å². The van der Waals surface area contributed by atoms with Gasteiger partial charge in [0.05, 0.1) is 5.56 Å². The Morgan fingerprint density at radius 2 is 1.90 bits per heavy atom. The molecule has 0 aliphatic heterocycles. The molecular formula is C14H8Br2F3NO. The average Bonchev–Trinajstić information content (AvgIpc) is 2.37. The summed E-state index contributed by atoms with van der Waals surface area (Å²) in [5, 5.41) is 0. The number of ketones is 1. The van der Waals surface area contributed by atoms with Crippen molar-refractivity contribution < 1.29 is 18.0 Å². The first-order valence-electron chi connectivity index (χ1n) is 5.78. The fraction of sp³-hybridized carbons (Fsp3) is 0.143. The number of aromatic nitrogens is 1. The van der Waals surface area contributed by atoms with Crippen molar-refractivity contribution in [2.75, 3.05) is 0 Å². The summed E-state index contributed by atoms with van der Waals surface area (Å²) >= 11 is 6.43. The molecule has 2 aromatic rings. The molecule has 0 spiro atoms. The van der Waals surface area contributed by atoms with Crippen LogP contribution in [0.3, 0.4) is 0 Å².